The Morgan fingerprint density at radius 3 is 2.56 bits per heavy atom. The quantitative estimate of drug-likeness (QED) is 0.492. The number of imide groups is 1. The number of nitrogens with one attached hydrogen (secondary N) is 1. The van der Waals surface area contributed by atoms with Crippen molar-refractivity contribution in [2.24, 2.45) is 5.41 Å². The molecule has 3 fully saturated rings. The van der Waals surface area contributed by atoms with Crippen LogP contribution in [0.1, 0.15) is 73.9 Å². The number of hydrogen-bond acceptors (Lipinski definition) is 5. The number of aromatic nitrogens is 2. The van der Waals surface area contributed by atoms with Gasteiger partial charge in [0, 0.05) is 49.6 Å². The summed E-state index contributed by atoms with van der Waals surface area (Å²) in [5, 5.41) is 9.12. The van der Waals surface area contributed by atoms with Gasteiger partial charge in [-0.25, -0.2) is 0 Å². The Morgan fingerprint density at radius 1 is 1.03 bits per heavy atom. The normalized spacial score (nSPS) is 23.9. The molecule has 0 bridgehead atoms. The molecule has 39 heavy (non-hydrogen) atoms. The van der Waals surface area contributed by atoms with Crippen molar-refractivity contribution >= 4 is 34.2 Å². The SMILES string of the molecule is CC1(CN2CCC(C)(n3cc(Cc4ccc5c6c(cccc46)C(=O)N5C4CCC(=O)NC4=O)cn3)CC2)CC1. The molecule has 3 aromatic rings. The van der Waals surface area contributed by atoms with Gasteiger partial charge < -0.3 is 4.90 Å². The largest absolute Gasteiger partial charge is 0.303 e. The van der Waals surface area contributed by atoms with Gasteiger partial charge in [0.15, 0.2) is 0 Å². The van der Waals surface area contributed by atoms with Crippen LogP contribution in [0.15, 0.2) is 42.7 Å². The summed E-state index contributed by atoms with van der Waals surface area (Å²) in [7, 11) is 0. The smallest absolute Gasteiger partial charge is 0.259 e. The molecule has 1 aliphatic carbocycles. The van der Waals surface area contributed by atoms with Gasteiger partial charge in [-0.1, -0.05) is 25.1 Å². The Labute approximate surface area is 228 Å². The molecule has 3 aliphatic heterocycles. The van der Waals surface area contributed by atoms with Crippen LogP contribution in [-0.2, 0) is 21.5 Å². The van der Waals surface area contributed by atoms with E-state index >= 15 is 0 Å². The first-order chi connectivity index (χ1) is 18.7. The lowest BCUT2D eigenvalue weighted by Gasteiger charge is -2.40. The zero-order chi connectivity index (χ0) is 26.9. The summed E-state index contributed by atoms with van der Waals surface area (Å²) in [6.07, 6.45) is 10.4. The molecule has 8 nitrogen and oxygen atoms in total. The number of benzene rings is 2. The predicted octanol–water partition coefficient (Wildman–Crippen LogP) is 4.00. The summed E-state index contributed by atoms with van der Waals surface area (Å²) in [6.45, 7) is 8.20. The third-order valence-corrected chi connectivity index (χ3v) is 9.57. The van der Waals surface area contributed by atoms with Crippen LogP contribution in [-0.4, -0.2) is 58.1 Å². The van der Waals surface area contributed by atoms with Crippen LogP contribution in [0.25, 0.3) is 10.8 Å². The van der Waals surface area contributed by atoms with E-state index in [-0.39, 0.29) is 23.8 Å². The minimum absolute atomic E-state index is 0.0239. The Bertz CT molecular complexity index is 1510. The highest BCUT2D eigenvalue weighted by molar-refractivity contribution is 6.27. The molecule has 7 rings (SSSR count). The molecular weight excluding hydrogens is 490 g/mol. The predicted molar refractivity (Wildman–Crippen MR) is 149 cm³/mol. The maximum Gasteiger partial charge on any atom is 0.259 e. The van der Waals surface area contributed by atoms with Gasteiger partial charge in [0.2, 0.25) is 11.8 Å². The lowest BCUT2D eigenvalue weighted by molar-refractivity contribution is -0.134. The minimum atomic E-state index is -0.672. The first-order valence-corrected chi connectivity index (χ1v) is 14.2. The summed E-state index contributed by atoms with van der Waals surface area (Å²) in [4.78, 5) is 42.0. The highest BCUT2D eigenvalue weighted by Crippen LogP contribution is 2.46. The van der Waals surface area contributed by atoms with E-state index in [9.17, 15) is 14.4 Å². The summed E-state index contributed by atoms with van der Waals surface area (Å²) in [6, 6.07) is 9.15. The van der Waals surface area contributed by atoms with Crippen molar-refractivity contribution in [2.45, 2.75) is 70.4 Å². The third kappa shape index (κ3) is 4.16. The van der Waals surface area contributed by atoms with Gasteiger partial charge in [0.05, 0.1) is 17.4 Å². The standard InChI is InChI=1S/C31H35N5O3/c1-30(10-11-30)19-34-14-12-31(2,13-15-34)35-18-20(17-32-35)16-21-6-7-24-27-22(21)4-3-5-23(27)29(39)36(24)25-8-9-26(37)33-28(25)38/h3-7,17-18,25H,8-16,19H2,1-2H3,(H,33,37,38). The molecular formula is C31H35N5O3. The van der Waals surface area contributed by atoms with E-state index < -0.39 is 11.9 Å². The van der Waals surface area contributed by atoms with Crippen LogP contribution in [0, 0.1) is 5.41 Å². The number of carbonyl (C=O) groups excluding carboxylic acids is 3. The number of nitrogens with zero attached hydrogens (tertiary/aromatic N) is 4. The first kappa shape index (κ1) is 24.5. The molecule has 4 aliphatic rings. The Balaban J connectivity index is 1.12. The van der Waals surface area contributed by atoms with Gasteiger partial charge in [-0.2, -0.15) is 5.10 Å². The second kappa shape index (κ2) is 8.74. The number of amides is 3. The number of piperidine rings is 2. The molecule has 0 spiro atoms. The van der Waals surface area contributed by atoms with Crippen LogP contribution in [0.5, 0.6) is 0 Å². The Hall–Kier alpha value is -3.52. The molecule has 2 aromatic carbocycles. The molecule has 1 saturated carbocycles. The fourth-order valence-corrected chi connectivity index (χ4v) is 6.76. The zero-order valence-corrected chi connectivity index (χ0v) is 22.7. The maximum absolute atomic E-state index is 13.4. The fourth-order valence-electron chi connectivity index (χ4n) is 6.76. The van der Waals surface area contributed by atoms with Crippen LogP contribution in [0.4, 0.5) is 5.69 Å². The van der Waals surface area contributed by atoms with Crippen LogP contribution < -0.4 is 10.2 Å². The molecule has 3 amide bonds. The molecule has 1 N–H and O–H groups in total. The molecule has 8 heteroatoms. The van der Waals surface area contributed by atoms with Gasteiger partial charge in [0.1, 0.15) is 6.04 Å². The molecule has 2 saturated heterocycles. The molecule has 1 atom stereocenters. The van der Waals surface area contributed by atoms with E-state index in [0.717, 1.165) is 53.5 Å². The maximum atomic E-state index is 13.4. The van der Waals surface area contributed by atoms with Crippen molar-refractivity contribution in [2.75, 3.05) is 24.5 Å². The van der Waals surface area contributed by atoms with Crippen molar-refractivity contribution in [1.29, 1.82) is 0 Å². The highest BCUT2D eigenvalue weighted by Gasteiger charge is 2.42. The first-order valence-electron chi connectivity index (χ1n) is 14.2. The lowest BCUT2D eigenvalue weighted by Crippen LogP contribution is -2.53. The summed E-state index contributed by atoms with van der Waals surface area (Å²) in [5.41, 5.74) is 4.22. The van der Waals surface area contributed by atoms with E-state index in [1.165, 1.54) is 19.4 Å². The number of hydrogen-bond donors (Lipinski definition) is 1. The Morgan fingerprint density at radius 2 is 1.82 bits per heavy atom. The van der Waals surface area contributed by atoms with E-state index in [2.05, 4.69) is 47.1 Å². The van der Waals surface area contributed by atoms with Crippen molar-refractivity contribution in [1.82, 2.24) is 20.0 Å². The molecule has 0 radical (unpaired) electrons. The van der Waals surface area contributed by atoms with Gasteiger partial charge in [-0.3, -0.25) is 29.3 Å². The van der Waals surface area contributed by atoms with E-state index in [1.54, 1.807) is 4.90 Å². The van der Waals surface area contributed by atoms with Crippen molar-refractivity contribution in [3.8, 4) is 0 Å². The van der Waals surface area contributed by atoms with E-state index in [0.29, 0.717) is 23.8 Å². The molecule has 1 aromatic heterocycles. The number of rotatable bonds is 6. The lowest BCUT2D eigenvalue weighted by atomic mass is 9.89. The second-order valence-electron chi connectivity index (χ2n) is 12.7. The Kier molecular flexibility index (Phi) is 5.50. The van der Waals surface area contributed by atoms with Crippen LogP contribution >= 0.6 is 0 Å². The van der Waals surface area contributed by atoms with E-state index in [1.807, 2.05) is 24.4 Å². The average Bonchev–Trinajstić information content (AvgIpc) is 3.32. The van der Waals surface area contributed by atoms with Crippen molar-refractivity contribution < 1.29 is 14.4 Å². The number of carbonyl (C=O) groups is 3. The summed E-state index contributed by atoms with van der Waals surface area (Å²) in [5.74, 6) is -0.864. The minimum Gasteiger partial charge on any atom is -0.303 e. The van der Waals surface area contributed by atoms with Crippen molar-refractivity contribution in [3.63, 3.8) is 0 Å². The molecule has 4 heterocycles. The highest BCUT2D eigenvalue weighted by atomic mass is 16.2. The monoisotopic (exact) mass is 525 g/mol. The van der Waals surface area contributed by atoms with Crippen LogP contribution in [0.2, 0.25) is 0 Å². The number of anilines is 1. The fraction of sp³-hybridized carbons (Fsp3) is 0.484. The van der Waals surface area contributed by atoms with Crippen molar-refractivity contribution in [3.05, 3.63) is 59.4 Å². The van der Waals surface area contributed by atoms with Gasteiger partial charge in [-0.15, -0.1) is 0 Å². The summed E-state index contributed by atoms with van der Waals surface area (Å²) < 4.78 is 2.17. The summed E-state index contributed by atoms with van der Waals surface area (Å²) >= 11 is 0. The molecule has 1 unspecified atom stereocenters. The number of likely N-dealkylation sites (tertiary alicyclic amines) is 1. The van der Waals surface area contributed by atoms with E-state index in [4.69, 9.17) is 5.10 Å². The van der Waals surface area contributed by atoms with Gasteiger partial charge in [0.25, 0.3) is 5.91 Å². The topological polar surface area (TPSA) is 87.5 Å². The average molecular weight is 526 g/mol. The second-order valence-corrected chi connectivity index (χ2v) is 12.7. The zero-order valence-electron chi connectivity index (χ0n) is 22.7. The van der Waals surface area contributed by atoms with Gasteiger partial charge in [-0.05, 0) is 73.1 Å². The third-order valence-electron chi connectivity index (χ3n) is 9.57. The molecule has 202 valence electrons. The van der Waals surface area contributed by atoms with Crippen LogP contribution in [0.3, 0.4) is 0 Å². The van der Waals surface area contributed by atoms with Gasteiger partial charge >= 0.3 is 0 Å².